The zero-order valence-electron chi connectivity index (χ0n) is 9.36. The molecule has 2 amide bonds. The van der Waals surface area contributed by atoms with Crippen LogP contribution in [0.4, 0.5) is 0 Å². The molecule has 7 nitrogen and oxygen atoms in total. The molecule has 0 atom stereocenters. The third-order valence-corrected chi connectivity index (χ3v) is 2.51. The lowest BCUT2D eigenvalue weighted by atomic mass is 10.1. The highest BCUT2D eigenvalue weighted by molar-refractivity contribution is 6.24. The van der Waals surface area contributed by atoms with Crippen LogP contribution in [0.25, 0.3) is 0 Å². The Hall–Kier alpha value is -2.96. The minimum Gasteiger partial charge on any atom is -0.478 e. The van der Waals surface area contributed by atoms with Crippen molar-refractivity contribution >= 4 is 23.8 Å². The number of rotatable bonds is 3. The summed E-state index contributed by atoms with van der Waals surface area (Å²) in [7, 11) is 0. The normalized spacial score (nSPS) is 14.5. The first kappa shape index (κ1) is 12.5. The van der Waals surface area contributed by atoms with Crippen LogP contribution in [0.2, 0.25) is 0 Å². The van der Waals surface area contributed by atoms with Crippen LogP contribution in [-0.2, 0) is 9.59 Å². The molecule has 19 heavy (non-hydrogen) atoms. The molecule has 0 spiro atoms. The van der Waals surface area contributed by atoms with Gasteiger partial charge >= 0.3 is 11.9 Å². The van der Waals surface area contributed by atoms with Gasteiger partial charge in [0.05, 0.1) is 17.2 Å². The summed E-state index contributed by atoms with van der Waals surface area (Å²) in [6.07, 6.45) is 0.310. The zero-order valence-corrected chi connectivity index (χ0v) is 9.36. The van der Waals surface area contributed by atoms with E-state index in [-0.39, 0.29) is 11.1 Å². The molecule has 2 rings (SSSR count). The Balaban J connectivity index is 2.55. The molecule has 1 heterocycles. The number of benzene rings is 1. The lowest BCUT2D eigenvalue weighted by molar-refractivity contribution is -0.136. The van der Waals surface area contributed by atoms with Gasteiger partial charge in [0.25, 0.3) is 11.8 Å². The lowest BCUT2D eigenvalue weighted by Crippen LogP contribution is -2.33. The summed E-state index contributed by atoms with van der Waals surface area (Å²) >= 11 is 0. The molecule has 0 saturated heterocycles. The van der Waals surface area contributed by atoms with E-state index >= 15 is 0 Å². The standard InChI is InChI=1S/C12H7NO6/c14-9(15)5-8(12(18)19)13-10(16)6-3-1-2-4-7(6)11(13)17/h1-5H,(H,14,15)(H,18,19)/b8-5-. The fourth-order valence-electron chi connectivity index (χ4n) is 1.75. The van der Waals surface area contributed by atoms with Gasteiger partial charge in [-0.1, -0.05) is 12.1 Å². The fraction of sp³-hybridized carbons (Fsp3) is 0. The molecule has 0 unspecified atom stereocenters. The van der Waals surface area contributed by atoms with Crippen LogP contribution in [0.15, 0.2) is 36.0 Å². The second kappa shape index (κ2) is 4.37. The van der Waals surface area contributed by atoms with Gasteiger partial charge in [-0.25, -0.2) is 14.5 Å². The molecular formula is C12H7NO6. The van der Waals surface area contributed by atoms with Gasteiger partial charge in [-0.2, -0.15) is 0 Å². The molecule has 96 valence electrons. The predicted molar refractivity (Wildman–Crippen MR) is 60.3 cm³/mol. The van der Waals surface area contributed by atoms with Crippen LogP contribution in [0.1, 0.15) is 20.7 Å². The van der Waals surface area contributed by atoms with E-state index in [1.54, 1.807) is 0 Å². The maximum atomic E-state index is 11.9. The number of imide groups is 1. The zero-order chi connectivity index (χ0) is 14.2. The van der Waals surface area contributed by atoms with Crippen LogP contribution in [0.3, 0.4) is 0 Å². The number of nitrogens with zero attached hydrogens (tertiary/aromatic N) is 1. The summed E-state index contributed by atoms with van der Waals surface area (Å²) in [5, 5.41) is 17.5. The maximum absolute atomic E-state index is 11.9. The fourth-order valence-corrected chi connectivity index (χ4v) is 1.75. The van der Waals surface area contributed by atoms with E-state index in [0.29, 0.717) is 11.0 Å². The molecule has 0 aromatic heterocycles. The maximum Gasteiger partial charge on any atom is 0.353 e. The molecule has 0 aliphatic carbocycles. The molecule has 0 fully saturated rings. The molecule has 2 N–H and O–H groups in total. The summed E-state index contributed by atoms with van der Waals surface area (Å²) in [6, 6.07) is 5.79. The molecule has 0 bridgehead atoms. The van der Waals surface area contributed by atoms with E-state index in [1.807, 2.05) is 0 Å². The van der Waals surface area contributed by atoms with Gasteiger partial charge in [-0.05, 0) is 12.1 Å². The van der Waals surface area contributed by atoms with Crippen LogP contribution >= 0.6 is 0 Å². The van der Waals surface area contributed by atoms with Crippen molar-refractivity contribution in [3.05, 3.63) is 47.2 Å². The van der Waals surface area contributed by atoms with Crippen molar-refractivity contribution in [1.82, 2.24) is 4.90 Å². The Kier molecular flexibility index (Phi) is 2.88. The second-order valence-corrected chi connectivity index (χ2v) is 3.66. The molecular weight excluding hydrogens is 254 g/mol. The highest BCUT2D eigenvalue weighted by Crippen LogP contribution is 2.25. The molecule has 0 saturated carbocycles. The van der Waals surface area contributed by atoms with Gasteiger partial charge in [0, 0.05) is 0 Å². The molecule has 1 aliphatic rings. The summed E-state index contributed by atoms with van der Waals surface area (Å²) in [5.74, 6) is -4.93. The number of hydrogen-bond acceptors (Lipinski definition) is 4. The third kappa shape index (κ3) is 1.97. The largest absolute Gasteiger partial charge is 0.478 e. The highest BCUT2D eigenvalue weighted by Gasteiger charge is 2.40. The van der Waals surface area contributed by atoms with Crippen molar-refractivity contribution < 1.29 is 29.4 Å². The Morgan fingerprint density at radius 1 is 1.00 bits per heavy atom. The highest BCUT2D eigenvalue weighted by atomic mass is 16.4. The van der Waals surface area contributed by atoms with Crippen LogP contribution < -0.4 is 0 Å². The average Bonchev–Trinajstić information content (AvgIpc) is 2.60. The molecule has 0 radical (unpaired) electrons. The Labute approximate surface area is 106 Å². The quantitative estimate of drug-likeness (QED) is 0.599. The van der Waals surface area contributed by atoms with E-state index in [1.165, 1.54) is 24.3 Å². The second-order valence-electron chi connectivity index (χ2n) is 3.66. The van der Waals surface area contributed by atoms with E-state index in [9.17, 15) is 19.2 Å². The first-order chi connectivity index (χ1) is 8.93. The Morgan fingerprint density at radius 2 is 1.47 bits per heavy atom. The van der Waals surface area contributed by atoms with E-state index in [2.05, 4.69) is 0 Å². The minimum absolute atomic E-state index is 0.0463. The molecule has 1 aliphatic heterocycles. The number of aliphatic carboxylic acids is 2. The van der Waals surface area contributed by atoms with Gasteiger partial charge in [0.15, 0.2) is 0 Å². The van der Waals surface area contributed by atoms with Gasteiger partial charge in [-0.15, -0.1) is 0 Å². The third-order valence-electron chi connectivity index (χ3n) is 2.51. The van der Waals surface area contributed by atoms with E-state index in [4.69, 9.17) is 10.2 Å². The van der Waals surface area contributed by atoms with Gasteiger partial charge in [0.2, 0.25) is 0 Å². The Morgan fingerprint density at radius 3 is 1.84 bits per heavy atom. The monoisotopic (exact) mass is 261 g/mol. The van der Waals surface area contributed by atoms with E-state index in [0.717, 1.165) is 0 Å². The summed E-state index contributed by atoms with van der Waals surface area (Å²) in [6.45, 7) is 0. The van der Waals surface area contributed by atoms with Crippen molar-refractivity contribution in [1.29, 1.82) is 0 Å². The average molecular weight is 261 g/mol. The number of fused-ring (bicyclic) bond motifs is 1. The summed E-state index contributed by atoms with van der Waals surface area (Å²) in [4.78, 5) is 45.8. The van der Waals surface area contributed by atoms with Crippen molar-refractivity contribution in [3.63, 3.8) is 0 Å². The number of carbonyl (C=O) groups is 4. The van der Waals surface area contributed by atoms with Gasteiger partial charge in [-0.3, -0.25) is 9.59 Å². The van der Waals surface area contributed by atoms with Crippen molar-refractivity contribution in [2.45, 2.75) is 0 Å². The molecule has 7 heteroatoms. The van der Waals surface area contributed by atoms with Gasteiger partial charge < -0.3 is 10.2 Å². The number of carboxylic acid groups (broad SMARTS) is 2. The number of carboxylic acids is 2. The van der Waals surface area contributed by atoms with Crippen LogP contribution in [-0.4, -0.2) is 38.9 Å². The molecule has 1 aromatic rings. The van der Waals surface area contributed by atoms with Crippen LogP contribution in [0.5, 0.6) is 0 Å². The smallest absolute Gasteiger partial charge is 0.353 e. The number of hydrogen-bond donors (Lipinski definition) is 2. The summed E-state index contributed by atoms with van der Waals surface area (Å²) < 4.78 is 0. The first-order valence-electron chi connectivity index (χ1n) is 5.09. The lowest BCUT2D eigenvalue weighted by Gasteiger charge is -2.13. The topological polar surface area (TPSA) is 112 Å². The van der Waals surface area contributed by atoms with Gasteiger partial charge in [0.1, 0.15) is 5.70 Å². The summed E-state index contributed by atoms with van der Waals surface area (Å²) in [5.41, 5.74) is -0.797. The first-order valence-corrected chi connectivity index (χ1v) is 5.09. The Bertz CT molecular complexity index is 610. The van der Waals surface area contributed by atoms with Crippen molar-refractivity contribution in [2.24, 2.45) is 0 Å². The van der Waals surface area contributed by atoms with Crippen molar-refractivity contribution in [3.8, 4) is 0 Å². The number of amides is 2. The van der Waals surface area contributed by atoms with Crippen LogP contribution in [0, 0.1) is 0 Å². The minimum atomic E-state index is -1.67. The van der Waals surface area contributed by atoms with Crippen molar-refractivity contribution in [2.75, 3.05) is 0 Å². The number of carbonyl (C=O) groups excluding carboxylic acids is 2. The predicted octanol–water partition coefficient (Wildman–Crippen LogP) is 0.336. The van der Waals surface area contributed by atoms with E-state index < -0.39 is 29.5 Å². The molecule has 1 aromatic carbocycles. The SMILES string of the molecule is O=C(O)/C=C(/C(=O)O)N1C(=O)c2ccccc2C1=O.